The van der Waals surface area contributed by atoms with Crippen molar-refractivity contribution in [3.63, 3.8) is 0 Å². The Kier molecular flexibility index (Phi) is 5.81. The molecule has 1 fully saturated rings. The number of amides is 2. The van der Waals surface area contributed by atoms with Crippen molar-refractivity contribution in [2.75, 3.05) is 6.61 Å². The number of hydrogen-bond acceptors (Lipinski definition) is 4. The van der Waals surface area contributed by atoms with Crippen molar-refractivity contribution in [2.45, 2.75) is 58.1 Å². The molecular formula is C20H26N2O4. The smallest absolute Gasteiger partial charge is 0.338 e. The van der Waals surface area contributed by atoms with Gasteiger partial charge < -0.3 is 20.1 Å². The Morgan fingerprint density at radius 1 is 1.15 bits per heavy atom. The summed E-state index contributed by atoms with van der Waals surface area (Å²) >= 11 is 0. The van der Waals surface area contributed by atoms with E-state index in [-0.39, 0.29) is 18.1 Å². The van der Waals surface area contributed by atoms with Gasteiger partial charge in [-0.3, -0.25) is 0 Å². The Morgan fingerprint density at radius 3 is 2.50 bits per heavy atom. The molecule has 140 valence electrons. The summed E-state index contributed by atoms with van der Waals surface area (Å²) in [4.78, 5) is 24.8. The summed E-state index contributed by atoms with van der Waals surface area (Å²) in [5.74, 6) is 0.393. The van der Waals surface area contributed by atoms with Crippen LogP contribution in [0.5, 0.6) is 5.75 Å². The van der Waals surface area contributed by atoms with Crippen LogP contribution in [0.2, 0.25) is 0 Å². The summed E-state index contributed by atoms with van der Waals surface area (Å²) in [5, 5.41) is 5.52. The molecule has 2 aliphatic rings. The molecule has 0 radical (unpaired) electrons. The van der Waals surface area contributed by atoms with Gasteiger partial charge in [0.1, 0.15) is 11.9 Å². The van der Waals surface area contributed by atoms with Crippen molar-refractivity contribution in [1.29, 1.82) is 0 Å². The van der Waals surface area contributed by atoms with E-state index >= 15 is 0 Å². The Labute approximate surface area is 153 Å². The highest BCUT2D eigenvalue weighted by molar-refractivity contribution is 5.95. The van der Waals surface area contributed by atoms with Crippen LogP contribution in [0.25, 0.3) is 0 Å². The Morgan fingerprint density at radius 2 is 1.85 bits per heavy atom. The first-order chi connectivity index (χ1) is 12.6. The third kappa shape index (κ3) is 4.18. The minimum absolute atomic E-state index is 0.0323. The van der Waals surface area contributed by atoms with Gasteiger partial charge in [-0.15, -0.1) is 0 Å². The molecule has 1 aromatic carbocycles. The number of benzene rings is 1. The minimum Gasteiger partial charge on any atom is -0.494 e. The summed E-state index contributed by atoms with van der Waals surface area (Å²) < 4.78 is 11.2. The van der Waals surface area contributed by atoms with Crippen LogP contribution in [-0.4, -0.2) is 24.7 Å². The summed E-state index contributed by atoms with van der Waals surface area (Å²) in [5.41, 5.74) is 1.81. The summed E-state index contributed by atoms with van der Waals surface area (Å²) in [7, 11) is 0. The maximum Gasteiger partial charge on any atom is 0.338 e. The largest absolute Gasteiger partial charge is 0.494 e. The van der Waals surface area contributed by atoms with E-state index < -0.39 is 6.04 Å². The van der Waals surface area contributed by atoms with E-state index in [0.29, 0.717) is 17.9 Å². The number of carbonyl (C=O) groups excluding carboxylic acids is 2. The number of nitrogens with one attached hydrogen (secondary N) is 2. The number of allylic oxidation sites excluding steroid dienone is 1. The fourth-order valence-electron chi connectivity index (χ4n) is 3.54. The number of esters is 1. The van der Waals surface area contributed by atoms with Crippen LogP contribution in [0.1, 0.15) is 57.6 Å². The molecule has 1 atom stereocenters. The molecule has 1 aliphatic carbocycles. The van der Waals surface area contributed by atoms with E-state index in [0.717, 1.165) is 37.0 Å². The van der Waals surface area contributed by atoms with Crippen LogP contribution in [-0.2, 0) is 9.53 Å². The topological polar surface area (TPSA) is 76.7 Å². The second-order valence-corrected chi connectivity index (χ2v) is 6.74. The number of urea groups is 1. The lowest BCUT2D eigenvalue weighted by atomic mass is 9.94. The molecule has 26 heavy (non-hydrogen) atoms. The monoisotopic (exact) mass is 358 g/mol. The zero-order valence-electron chi connectivity index (χ0n) is 15.3. The molecule has 6 heteroatoms. The van der Waals surface area contributed by atoms with Crippen molar-refractivity contribution < 1.29 is 19.1 Å². The predicted molar refractivity (Wildman–Crippen MR) is 97.7 cm³/mol. The normalized spacial score (nSPS) is 21.0. The van der Waals surface area contributed by atoms with Crippen LogP contribution in [0.4, 0.5) is 4.79 Å². The van der Waals surface area contributed by atoms with Crippen LogP contribution >= 0.6 is 0 Å². The molecule has 1 aliphatic heterocycles. The van der Waals surface area contributed by atoms with E-state index in [1.54, 1.807) is 6.92 Å². The van der Waals surface area contributed by atoms with Crippen molar-refractivity contribution in [3.05, 3.63) is 41.1 Å². The predicted octanol–water partition coefficient (Wildman–Crippen LogP) is 3.59. The highest BCUT2D eigenvalue weighted by atomic mass is 16.5. The maximum absolute atomic E-state index is 12.8. The minimum atomic E-state index is -0.532. The molecule has 1 aromatic rings. The number of carbonyl (C=O) groups is 2. The van der Waals surface area contributed by atoms with Gasteiger partial charge in [0.15, 0.2) is 0 Å². The standard InChI is InChI=1S/C20H26N2O4/c1-3-25-15-11-9-14(10-12-15)18-17(13(2)21-20(24)22-18)19(23)26-16-7-5-4-6-8-16/h9-12,16,18H,3-8H2,1-2H3,(H2,21,22,24). The van der Waals surface area contributed by atoms with Crippen LogP contribution in [0.3, 0.4) is 0 Å². The van der Waals surface area contributed by atoms with Crippen molar-refractivity contribution >= 4 is 12.0 Å². The first-order valence-electron chi connectivity index (χ1n) is 9.30. The molecule has 2 N–H and O–H groups in total. The fraction of sp³-hybridized carbons (Fsp3) is 0.500. The van der Waals surface area contributed by atoms with Gasteiger partial charge in [-0.25, -0.2) is 9.59 Å². The molecule has 1 saturated carbocycles. The summed E-state index contributed by atoms with van der Waals surface area (Å²) in [6.45, 7) is 4.24. The van der Waals surface area contributed by atoms with E-state index in [9.17, 15) is 9.59 Å². The first kappa shape index (κ1) is 18.3. The lowest BCUT2D eigenvalue weighted by molar-refractivity contribution is -0.146. The zero-order valence-corrected chi connectivity index (χ0v) is 15.3. The first-order valence-corrected chi connectivity index (χ1v) is 9.30. The SMILES string of the molecule is CCOc1ccc(C2NC(=O)NC(C)=C2C(=O)OC2CCCCC2)cc1. The number of hydrogen-bond donors (Lipinski definition) is 2. The molecule has 1 heterocycles. The third-order valence-corrected chi connectivity index (χ3v) is 4.84. The van der Waals surface area contributed by atoms with Crippen LogP contribution in [0.15, 0.2) is 35.5 Å². The molecular weight excluding hydrogens is 332 g/mol. The average molecular weight is 358 g/mol. The van der Waals surface area contributed by atoms with Gasteiger partial charge in [-0.2, -0.15) is 0 Å². The summed E-state index contributed by atoms with van der Waals surface area (Å²) in [6.07, 6.45) is 5.16. The lowest BCUT2D eigenvalue weighted by Crippen LogP contribution is -2.45. The van der Waals surface area contributed by atoms with Crippen molar-refractivity contribution in [1.82, 2.24) is 10.6 Å². The van der Waals surface area contributed by atoms with Crippen LogP contribution < -0.4 is 15.4 Å². The van der Waals surface area contributed by atoms with E-state index in [1.165, 1.54) is 6.42 Å². The van der Waals surface area contributed by atoms with Gasteiger partial charge in [-0.05, 0) is 57.2 Å². The van der Waals surface area contributed by atoms with E-state index in [1.807, 2.05) is 31.2 Å². The van der Waals surface area contributed by atoms with Gasteiger partial charge in [-0.1, -0.05) is 18.6 Å². The summed E-state index contributed by atoms with van der Waals surface area (Å²) in [6, 6.07) is 6.55. The van der Waals surface area contributed by atoms with E-state index in [2.05, 4.69) is 10.6 Å². The van der Waals surface area contributed by atoms with Gasteiger partial charge in [0.05, 0.1) is 18.2 Å². The van der Waals surface area contributed by atoms with Crippen molar-refractivity contribution in [3.8, 4) is 5.75 Å². The molecule has 1 unspecified atom stereocenters. The molecule has 0 aromatic heterocycles. The average Bonchev–Trinajstić information content (AvgIpc) is 2.62. The Bertz CT molecular complexity index is 690. The Balaban J connectivity index is 1.82. The zero-order chi connectivity index (χ0) is 18.5. The van der Waals surface area contributed by atoms with Gasteiger partial charge in [0, 0.05) is 5.70 Å². The second kappa shape index (κ2) is 8.25. The Hall–Kier alpha value is -2.50. The third-order valence-electron chi connectivity index (χ3n) is 4.84. The molecule has 0 saturated heterocycles. The highest BCUT2D eigenvalue weighted by Crippen LogP contribution is 2.30. The van der Waals surface area contributed by atoms with Crippen LogP contribution in [0, 0.1) is 0 Å². The molecule has 2 amide bonds. The van der Waals surface area contributed by atoms with Gasteiger partial charge in [0.2, 0.25) is 0 Å². The van der Waals surface area contributed by atoms with Crippen molar-refractivity contribution in [2.24, 2.45) is 0 Å². The lowest BCUT2D eigenvalue weighted by Gasteiger charge is -2.30. The second-order valence-electron chi connectivity index (χ2n) is 6.74. The molecule has 0 bridgehead atoms. The quantitative estimate of drug-likeness (QED) is 0.789. The highest BCUT2D eigenvalue weighted by Gasteiger charge is 2.33. The molecule has 3 rings (SSSR count). The van der Waals surface area contributed by atoms with Gasteiger partial charge in [0.25, 0.3) is 0 Å². The number of ether oxygens (including phenoxy) is 2. The maximum atomic E-state index is 12.8. The molecule has 0 spiro atoms. The number of rotatable bonds is 5. The van der Waals surface area contributed by atoms with Gasteiger partial charge >= 0.3 is 12.0 Å². The molecule has 6 nitrogen and oxygen atoms in total. The fourth-order valence-corrected chi connectivity index (χ4v) is 3.54. The van der Waals surface area contributed by atoms with E-state index in [4.69, 9.17) is 9.47 Å².